The molecule has 0 radical (unpaired) electrons. The summed E-state index contributed by atoms with van der Waals surface area (Å²) >= 11 is 0. The highest BCUT2D eigenvalue weighted by molar-refractivity contribution is 4.81. The second-order valence-corrected chi connectivity index (χ2v) is 7.94. The highest BCUT2D eigenvalue weighted by atomic mass is 14.9. The smallest absolute Gasteiger partial charge is 0.00200 e. The molecule has 0 saturated carbocycles. The Labute approximate surface area is 153 Å². The molecule has 142 valence electrons. The molecule has 1 saturated heterocycles. The first kappa shape index (κ1) is 21.7. The molecule has 1 aliphatic rings. The number of hydrogen-bond acceptors (Lipinski definition) is 1. The Kier molecular flexibility index (Phi) is 15.9. The van der Waals surface area contributed by atoms with Gasteiger partial charge in [-0.1, -0.05) is 89.7 Å². The molecular formula is C23H45N. The molecule has 0 spiro atoms. The van der Waals surface area contributed by atoms with Crippen LogP contribution in [0.2, 0.25) is 0 Å². The molecule has 0 aromatic heterocycles. The fourth-order valence-electron chi connectivity index (χ4n) is 3.82. The van der Waals surface area contributed by atoms with Crippen LogP contribution in [0.5, 0.6) is 0 Å². The van der Waals surface area contributed by atoms with Crippen LogP contribution in [0.3, 0.4) is 0 Å². The Bertz CT molecular complexity index is 265. The van der Waals surface area contributed by atoms with Gasteiger partial charge >= 0.3 is 0 Å². The predicted molar refractivity (Wildman–Crippen MR) is 110 cm³/mol. The van der Waals surface area contributed by atoms with Crippen LogP contribution in [0, 0.1) is 5.92 Å². The molecule has 1 nitrogen and oxygen atoms in total. The number of nitrogens with one attached hydrogen (secondary N) is 1. The maximum absolute atomic E-state index is 3.47. The second kappa shape index (κ2) is 17.5. The highest BCUT2D eigenvalue weighted by Gasteiger charge is 2.12. The van der Waals surface area contributed by atoms with Crippen molar-refractivity contribution in [3.63, 3.8) is 0 Å². The van der Waals surface area contributed by atoms with Crippen molar-refractivity contribution in [2.24, 2.45) is 5.92 Å². The SMILES string of the molecule is CCCCCCCC/C=C\CCCCCCCCCC1CCNC1. The fourth-order valence-corrected chi connectivity index (χ4v) is 3.82. The van der Waals surface area contributed by atoms with E-state index < -0.39 is 0 Å². The van der Waals surface area contributed by atoms with E-state index in [0.29, 0.717) is 0 Å². The van der Waals surface area contributed by atoms with E-state index in [9.17, 15) is 0 Å². The third kappa shape index (κ3) is 14.1. The number of unbranched alkanes of at least 4 members (excludes halogenated alkanes) is 13. The van der Waals surface area contributed by atoms with Crippen molar-refractivity contribution in [2.45, 2.75) is 116 Å². The van der Waals surface area contributed by atoms with Crippen LogP contribution >= 0.6 is 0 Å². The highest BCUT2D eigenvalue weighted by Crippen LogP contribution is 2.17. The van der Waals surface area contributed by atoms with Gasteiger partial charge in [0.15, 0.2) is 0 Å². The maximum atomic E-state index is 3.47. The van der Waals surface area contributed by atoms with Crippen LogP contribution in [0.1, 0.15) is 116 Å². The number of rotatable bonds is 17. The van der Waals surface area contributed by atoms with Crippen molar-refractivity contribution >= 4 is 0 Å². The predicted octanol–water partition coefficient (Wildman–Crippen LogP) is 7.41. The summed E-state index contributed by atoms with van der Waals surface area (Å²) in [4.78, 5) is 0. The van der Waals surface area contributed by atoms with Gasteiger partial charge in [0.25, 0.3) is 0 Å². The van der Waals surface area contributed by atoms with Crippen molar-refractivity contribution < 1.29 is 0 Å². The minimum atomic E-state index is 0.994. The van der Waals surface area contributed by atoms with Gasteiger partial charge in [-0.2, -0.15) is 0 Å². The van der Waals surface area contributed by atoms with Crippen molar-refractivity contribution in [1.29, 1.82) is 0 Å². The van der Waals surface area contributed by atoms with E-state index in [2.05, 4.69) is 24.4 Å². The summed E-state index contributed by atoms with van der Waals surface area (Å²) < 4.78 is 0. The van der Waals surface area contributed by atoms with Crippen LogP contribution in [0.4, 0.5) is 0 Å². The van der Waals surface area contributed by atoms with E-state index >= 15 is 0 Å². The Morgan fingerprint density at radius 1 is 0.708 bits per heavy atom. The standard InChI is InChI=1S/C23H45N/c1-2-3-4-5-6-7-8-9-10-11-12-13-14-15-16-17-18-19-23-20-21-24-22-23/h9-10,23-24H,2-8,11-22H2,1H3/b10-9-. The summed E-state index contributed by atoms with van der Waals surface area (Å²) in [6.07, 6.45) is 29.0. The average molecular weight is 336 g/mol. The molecule has 0 aliphatic carbocycles. The molecule has 1 rings (SSSR count). The summed E-state index contributed by atoms with van der Waals surface area (Å²) in [5.41, 5.74) is 0. The second-order valence-electron chi connectivity index (χ2n) is 7.94. The molecule has 0 bridgehead atoms. The third-order valence-electron chi connectivity index (χ3n) is 5.54. The Morgan fingerprint density at radius 2 is 1.25 bits per heavy atom. The molecule has 1 aliphatic heterocycles. The molecule has 1 fully saturated rings. The molecule has 1 heterocycles. The van der Waals surface area contributed by atoms with Crippen LogP contribution in [0.25, 0.3) is 0 Å². The molecule has 1 N–H and O–H groups in total. The Balaban J connectivity index is 1.68. The van der Waals surface area contributed by atoms with Gasteiger partial charge in [0.1, 0.15) is 0 Å². The van der Waals surface area contributed by atoms with Gasteiger partial charge in [0.2, 0.25) is 0 Å². The maximum Gasteiger partial charge on any atom is -0.00200 e. The Morgan fingerprint density at radius 3 is 1.79 bits per heavy atom. The number of allylic oxidation sites excluding steroid dienone is 2. The molecule has 0 aromatic carbocycles. The molecule has 24 heavy (non-hydrogen) atoms. The summed E-state index contributed by atoms with van der Waals surface area (Å²) in [7, 11) is 0. The zero-order valence-corrected chi connectivity index (χ0v) is 16.7. The van der Waals surface area contributed by atoms with Gasteiger partial charge in [-0.3, -0.25) is 0 Å². The molecule has 0 amide bonds. The van der Waals surface area contributed by atoms with Gasteiger partial charge in [0, 0.05) is 0 Å². The molecule has 1 unspecified atom stereocenters. The molecule has 0 aromatic rings. The van der Waals surface area contributed by atoms with E-state index in [4.69, 9.17) is 0 Å². The quantitative estimate of drug-likeness (QED) is 0.215. The summed E-state index contributed by atoms with van der Waals surface area (Å²) in [5.74, 6) is 0.994. The number of hydrogen-bond donors (Lipinski definition) is 1. The first-order valence-electron chi connectivity index (χ1n) is 11.3. The minimum Gasteiger partial charge on any atom is -0.316 e. The van der Waals surface area contributed by atoms with Crippen molar-refractivity contribution in [3.8, 4) is 0 Å². The summed E-state index contributed by atoms with van der Waals surface area (Å²) in [6.45, 7) is 4.84. The first-order valence-corrected chi connectivity index (χ1v) is 11.3. The van der Waals surface area contributed by atoms with Crippen LogP contribution in [-0.4, -0.2) is 13.1 Å². The van der Waals surface area contributed by atoms with Crippen LogP contribution in [0.15, 0.2) is 12.2 Å². The van der Waals surface area contributed by atoms with Crippen molar-refractivity contribution in [3.05, 3.63) is 12.2 Å². The Hall–Kier alpha value is -0.300. The minimum absolute atomic E-state index is 0.994. The average Bonchev–Trinajstić information content (AvgIpc) is 3.11. The van der Waals surface area contributed by atoms with E-state index in [1.54, 1.807) is 0 Å². The van der Waals surface area contributed by atoms with E-state index in [0.717, 1.165) is 5.92 Å². The van der Waals surface area contributed by atoms with Crippen LogP contribution in [-0.2, 0) is 0 Å². The van der Waals surface area contributed by atoms with Gasteiger partial charge in [-0.15, -0.1) is 0 Å². The lowest BCUT2D eigenvalue weighted by Gasteiger charge is -2.07. The van der Waals surface area contributed by atoms with Gasteiger partial charge in [-0.05, 0) is 57.5 Å². The monoisotopic (exact) mass is 335 g/mol. The first-order chi connectivity index (χ1) is 11.9. The lowest BCUT2D eigenvalue weighted by molar-refractivity contribution is 0.480. The van der Waals surface area contributed by atoms with Crippen molar-refractivity contribution in [1.82, 2.24) is 5.32 Å². The van der Waals surface area contributed by atoms with E-state index in [-0.39, 0.29) is 0 Å². The van der Waals surface area contributed by atoms with E-state index in [1.807, 2.05) is 0 Å². The largest absolute Gasteiger partial charge is 0.316 e. The third-order valence-corrected chi connectivity index (χ3v) is 5.54. The van der Waals surface area contributed by atoms with Crippen LogP contribution < -0.4 is 5.32 Å². The summed E-state index contributed by atoms with van der Waals surface area (Å²) in [5, 5.41) is 3.47. The fraction of sp³-hybridized carbons (Fsp3) is 0.913. The van der Waals surface area contributed by atoms with Gasteiger partial charge in [-0.25, -0.2) is 0 Å². The molecule has 1 heteroatoms. The molecular weight excluding hydrogens is 290 g/mol. The summed E-state index contributed by atoms with van der Waals surface area (Å²) in [6, 6.07) is 0. The molecule has 1 atom stereocenters. The van der Waals surface area contributed by atoms with Gasteiger partial charge < -0.3 is 5.32 Å². The van der Waals surface area contributed by atoms with E-state index in [1.165, 1.54) is 122 Å². The van der Waals surface area contributed by atoms with Crippen molar-refractivity contribution in [2.75, 3.05) is 13.1 Å². The normalized spacial score (nSPS) is 18.0. The zero-order valence-electron chi connectivity index (χ0n) is 16.7. The topological polar surface area (TPSA) is 12.0 Å². The lowest BCUT2D eigenvalue weighted by atomic mass is 9.99. The lowest BCUT2D eigenvalue weighted by Crippen LogP contribution is -2.08. The van der Waals surface area contributed by atoms with Gasteiger partial charge in [0.05, 0.1) is 0 Å². The zero-order chi connectivity index (χ0) is 17.1.